The number of benzene rings is 1. The van der Waals surface area contributed by atoms with Crippen LogP contribution in [0.4, 0.5) is 10.8 Å². The highest BCUT2D eigenvalue weighted by Gasteiger charge is 2.14. The second-order valence-electron chi connectivity index (χ2n) is 4.09. The van der Waals surface area contributed by atoms with Crippen LogP contribution in [0, 0.1) is 0 Å². The number of fused-ring (bicyclic) bond motifs is 1. The molecule has 0 fully saturated rings. The molecule has 0 aliphatic heterocycles. The van der Waals surface area contributed by atoms with Crippen LogP contribution in [0.5, 0.6) is 0 Å². The molecule has 1 N–H and O–H groups in total. The normalized spacial score (nSPS) is 13.6. The van der Waals surface area contributed by atoms with E-state index in [0.717, 1.165) is 17.2 Å². The Kier molecular flexibility index (Phi) is 4.02. The van der Waals surface area contributed by atoms with Gasteiger partial charge in [-0.05, 0) is 37.8 Å². The minimum Gasteiger partial charge on any atom is -0.332 e. The number of nitrogens with zero attached hydrogens (tertiary/aromatic N) is 1. The predicted octanol–water partition coefficient (Wildman–Crippen LogP) is 4.19. The summed E-state index contributed by atoms with van der Waals surface area (Å²) in [6.07, 6.45) is 4.98. The van der Waals surface area contributed by atoms with Gasteiger partial charge in [0.15, 0.2) is 5.13 Å². The molecule has 4 heteroatoms. The third-order valence-corrected chi connectivity index (χ3v) is 3.94. The van der Waals surface area contributed by atoms with Gasteiger partial charge in [-0.1, -0.05) is 18.2 Å². The molecular weight excluding hydrogens is 252 g/mol. The summed E-state index contributed by atoms with van der Waals surface area (Å²) >= 11 is 1.81. The number of para-hydroxylation sites is 1. The smallest absolute Gasteiger partial charge is 0.187 e. The maximum absolute atomic E-state index is 4.65. The predicted molar refractivity (Wildman–Crippen MR) is 75.7 cm³/mol. The van der Waals surface area contributed by atoms with E-state index in [0.29, 0.717) is 0 Å². The van der Waals surface area contributed by atoms with Crippen LogP contribution in [-0.4, -0.2) is 4.98 Å². The number of hydrogen-bond acceptors (Lipinski definition) is 3. The highest BCUT2D eigenvalue weighted by atomic mass is 35.5. The van der Waals surface area contributed by atoms with Gasteiger partial charge in [-0.2, -0.15) is 0 Å². The molecule has 1 aliphatic carbocycles. The molecule has 0 saturated heterocycles. The zero-order valence-corrected chi connectivity index (χ0v) is 11.1. The van der Waals surface area contributed by atoms with Gasteiger partial charge in [0.1, 0.15) is 0 Å². The van der Waals surface area contributed by atoms with Crippen LogP contribution in [-0.2, 0) is 12.8 Å². The van der Waals surface area contributed by atoms with Gasteiger partial charge in [0.05, 0.1) is 5.69 Å². The Morgan fingerprint density at radius 1 is 1.06 bits per heavy atom. The lowest BCUT2D eigenvalue weighted by atomic mass is 10.0. The molecule has 1 aromatic heterocycles. The molecule has 0 bridgehead atoms. The van der Waals surface area contributed by atoms with Gasteiger partial charge in [-0.15, -0.1) is 23.7 Å². The fourth-order valence-electron chi connectivity index (χ4n) is 2.05. The van der Waals surface area contributed by atoms with Crippen molar-refractivity contribution < 1.29 is 0 Å². The SMILES string of the molecule is Cl.c1ccc(Nc2nc3c(s2)CCCC3)cc1. The van der Waals surface area contributed by atoms with Crippen molar-refractivity contribution >= 4 is 34.6 Å². The molecule has 1 heterocycles. The molecule has 0 amide bonds. The first kappa shape index (κ1) is 12.4. The van der Waals surface area contributed by atoms with Crippen molar-refractivity contribution in [2.24, 2.45) is 0 Å². The summed E-state index contributed by atoms with van der Waals surface area (Å²) in [5.74, 6) is 0. The van der Waals surface area contributed by atoms with Crippen LogP contribution in [0.2, 0.25) is 0 Å². The van der Waals surface area contributed by atoms with E-state index in [4.69, 9.17) is 0 Å². The highest BCUT2D eigenvalue weighted by molar-refractivity contribution is 7.15. The third-order valence-electron chi connectivity index (χ3n) is 2.87. The van der Waals surface area contributed by atoms with Crippen LogP contribution >= 0.6 is 23.7 Å². The molecule has 3 rings (SSSR count). The standard InChI is InChI=1S/C13H14N2S.ClH/c1-2-6-10(7-3-1)14-13-15-11-8-4-5-9-12(11)16-13;/h1-3,6-7H,4-5,8-9H2,(H,14,15);1H. The van der Waals surface area contributed by atoms with E-state index in [-0.39, 0.29) is 12.4 Å². The number of nitrogens with one attached hydrogen (secondary N) is 1. The minimum absolute atomic E-state index is 0. The highest BCUT2D eigenvalue weighted by Crippen LogP contribution is 2.31. The average Bonchev–Trinajstić information content (AvgIpc) is 2.72. The molecule has 0 spiro atoms. The minimum atomic E-state index is 0. The number of halogens is 1. The summed E-state index contributed by atoms with van der Waals surface area (Å²) in [7, 11) is 0. The second-order valence-corrected chi connectivity index (χ2v) is 5.17. The van der Waals surface area contributed by atoms with Crippen molar-refractivity contribution in [1.82, 2.24) is 4.98 Å². The van der Waals surface area contributed by atoms with E-state index < -0.39 is 0 Å². The van der Waals surface area contributed by atoms with E-state index in [1.165, 1.54) is 29.8 Å². The molecule has 0 unspecified atom stereocenters. The van der Waals surface area contributed by atoms with Gasteiger partial charge in [-0.25, -0.2) is 4.98 Å². The van der Waals surface area contributed by atoms with Gasteiger partial charge in [0.2, 0.25) is 0 Å². The molecule has 0 atom stereocenters. The lowest BCUT2D eigenvalue weighted by Gasteiger charge is -2.06. The lowest BCUT2D eigenvalue weighted by Crippen LogP contribution is -1.99. The molecule has 1 aliphatic rings. The van der Waals surface area contributed by atoms with Crippen LogP contribution < -0.4 is 5.32 Å². The van der Waals surface area contributed by atoms with Gasteiger partial charge >= 0.3 is 0 Å². The summed E-state index contributed by atoms with van der Waals surface area (Å²) in [5, 5.41) is 4.41. The van der Waals surface area contributed by atoms with Crippen molar-refractivity contribution in [2.75, 3.05) is 5.32 Å². The topological polar surface area (TPSA) is 24.9 Å². The first-order valence-electron chi connectivity index (χ1n) is 5.72. The van der Waals surface area contributed by atoms with Crippen LogP contribution in [0.3, 0.4) is 0 Å². The zero-order valence-electron chi connectivity index (χ0n) is 9.48. The quantitative estimate of drug-likeness (QED) is 0.882. The molecule has 2 aromatic rings. The number of aryl methyl sites for hydroxylation is 2. The Labute approximate surface area is 112 Å². The number of hydrogen-bond donors (Lipinski definition) is 1. The number of anilines is 2. The van der Waals surface area contributed by atoms with Gasteiger partial charge in [-0.3, -0.25) is 0 Å². The molecule has 90 valence electrons. The lowest BCUT2D eigenvalue weighted by molar-refractivity contribution is 0.683. The average molecular weight is 267 g/mol. The summed E-state index contributed by atoms with van der Waals surface area (Å²) in [6.45, 7) is 0. The number of aromatic nitrogens is 1. The molecule has 1 aromatic carbocycles. The van der Waals surface area contributed by atoms with Crippen molar-refractivity contribution in [3.05, 3.63) is 40.9 Å². The molecule has 0 saturated carbocycles. The summed E-state index contributed by atoms with van der Waals surface area (Å²) in [5.41, 5.74) is 2.43. The van der Waals surface area contributed by atoms with Crippen molar-refractivity contribution in [3.63, 3.8) is 0 Å². The summed E-state index contributed by atoms with van der Waals surface area (Å²) < 4.78 is 0. The molecule has 0 radical (unpaired) electrons. The zero-order chi connectivity index (χ0) is 10.8. The molecule has 2 nitrogen and oxygen atoms in total. The van der Waals surface area contributed by atoms with Crippen molar-refractivity contribution in [1.29, 1.82) is 0 Å². The Balaban J connectivity index is 0.00000108. The molecule has 17 heavy (non-hydrogen) atoms. The van der Waals surface area contributed by atoms with E-state index in [1.807, 2.05) is 29.5 Å². The summed E-state index contributed by atoms with van der Waals surface area (Å²) in [4.78, 5) is 6.13. The largest absolute Gasteiger partial charge is 0.332 e. The van der Waals surface area contributed by atoms with Gasteiger partial charge in [0.25, 0.3) is 0 Å². The van der Waals surface area contributed by atoms with Gasteiger partial charge < -0.3 is 5.32 Å². The first-order chi connectivity index (χ1) is 7.92. The summed E-state index contributed by atoms with van der Waals surface area (Å²) in [6, 6.07) is 10.2. The Morgan fingerprint density at radius 3 is 2.59 bits per heavy atom. The number of rotatable bonds is 2. The Morgan fingerprint density at radius 2 is 1.82 bits per heavy atom. The Bertz CT molecular complexity index is 458. The van der Waals surface area contributed by atoms with Crippen molar-refractivity contribution in [3.8, 4) is 0 Å². The van der Waals surface area contributed by atoms with E-state index >= 15 is 0 Å². The maximum atomic E-state index is 4.65. The monoisotopic (exact) mass is 266 g/mol. The van der Waals surface area contributed by atoms with E-state index in [1.54, 1.807) is 0 Å². The van der Waals surface area contributed by atoms with E-state index in [2.05, 4.69) is 22.4 Å². The Hall–Kier alpha value is -1.06. The van der Waals surface area contributed by atoms with Crippen molar-refractivity contribution in [2.45, 2.75) is 25.7 Å². The van der Waals surface area contributed by atoms with E-state index in [9.17, 15) is 0 Å². The first-order valence-corrected chi connectivity index (χ1v) is 6.54. The van der Waals surface area contributed by atoms with Crippen LogP contribution in [0.25, 0.3) is 0 Å². The third kappa shape index (κ3) is 2.79. The fourth-order valence-corrected chi connectivity index (χ4v) is 3.12. The van der Waals surface area contributed by atoms with Gasteiger partial charge in [0, 0.05) is 10.6 Å². The van der Waals surface area contributed by atoms with Crippen LogP contribution in [0.1, 0.15) is 23.4 Å². The van der Waals surface area contributed by atoms with Crippen LogP contribution in [0.15, 0.2) is 30.3 Å². The second kappa shape index (κ2) is 5.52. The molecular formula is C13H15ClN2S. The number of thiazole rings is 1. The maximum Gasteiger partial charge on any atom is 0.187 e. The fraction of sp³-hybridized carbons (Fsp3) is 0.308.